The van der Waals surface area contributed by atoms with Gasteiger partial charge in [0.1, 0.15) is 5.58 Å². The highest BCUT2D eigenvalue weighted by molar-refractivity contribution is 6.03. The lowest BCUT2D eigenvalue weighted by molar-refractivity contribution is -0.384. The summed E-state index contributed by atoms with van der Waals surface area (Å²) in [5.74, 6) is 0. The van der Waals surface area contributed by atoms with E-state index in [9.17, 15) is 19.7 Å². The SMILES string of the molecule is O=C1Nc2c(c(=O)oc3ccccc23)C(c2cccc([N+](=O)[O-])c2)N1. The van der Waals surface area contributed by atoms with Crippen molar-refractivity contribution in [2.24, 2.45) is 0 Å². The maximum atomic E-state index is 12.5. The number of carbonyl (C=O) groups is 1. The summed E-state index contributed by atoms with van der Waals surface area (Å²) in [6.45, 7) is 0. The van der Waals surface area contributed by atoms with Gasteiger partial charge in [-0.2, -0.15) is 0 Å². The summed E-state index contributed by atoms with van der Waals surface area (Å²) < 4.78 is 5.34. The molecule has 1 unspecified atom stereocenters. The molecule has 2 amide bonds. The first-order chi connectivity index (χ1) is 12.0. The molecule has 4 rings (SSSR count). The van der Waals surface area contributed by atoms with Crippen molar-refractivity contribution in [3.05, 3.63) is 80.2 Å². The van der Waals surface area contributed by atoms with Gasteiger partial charge in [0.15, 0.2) is 0 Å². The average Bonchev–Trinajstić information content (AvgIpc) is 2.61. The van der Waals surface area contributed by atoms with E-state index in [2.05, 4.69) is 10.6 Å². The summed E-state index contributed by atoms with van der Waals surface area (Å²) in [6, 6.07) is 11.3. The number of rotatable bonds is 2. The third-order valence-corrected chi connectivity index (χ3v) is 4.07. The highest BCUT2D eigenvalue weighted by Crippen LogP contribution is 2.35. The maximum absolute atomic E-state index is 12.5. The molecule has 0 bridgehead atoms. The Morgan fingerprint density at radius 3 is 2.68 bits per heavy atom. The number of amides is 2. The summed E-state index contributed by atoms with van der Waals surface area (Å²) >= 11 is 0. The lowest BCUT2D eigenvalue weighted by Crippen LogP contribution is -2.41. The van der Waals surface area contributed by atoms with Crippen LogP contribution in [0, 0.1) is 10.1 Å². The normalized spacial score (nSPS) is 16.0. The highest BCUT2D eigenvalue weighted by atomic mass is 16.6. The van der Waals surface area contributed by atoms with E-state index in [1.807, 2.05) is 0 Å². The van der Waals surface area contributed by atoms with Crippen molar-refractivity contribution < 1.29 is 14.1 Å². The molecular formula is C17H11N3O5. The average molecular weight is 337 g/mol. The lowest BCUT2D eigenvalue weighted by Gasteiger charge is -2.27. The molecule has 0 aliphatic carbocycles. The lowest BCUT2D eigenvalue weighted by atomic mass is 9.95. The first-order valence-electron chi connectivity index (χ1n) is 7.42. The molecule has 0 spiro atoms. The van der Waals surface area contributed by atoms with Crippen molar-refractivity contribution in [2.45, 2.75) is 6.04 Å². The van der Waals surface area contributed by atoms with Gasteiger partial charge in [-0.05, 0) is 17.7 Å². The van der Waals surface area contributed by atoms with Gasteiger partial charge >= 0.3 is 11.7 Å². The zero-order chi connectivity index (χ0) is 17.6. The van der Waals surface area contributed by atoms with Gasteiger partial charge in [-0.3, -0.25) is 10.1 Å². The van der Waals surface area contributed by atoms with E-state index in [0.717, 1.165) is 0 Å². The molecule has 25 heavy (non-hydrogen) atoms. The Labute approximate surface area is 140 Å². The van der Waals surface area contributed by atoms with E-state index in [0.29, 0.717) is 22.2 Å². The third kappa shape index (κ3) is 2.40. The molecular weight excluding hydrogens is 326 g/mol. The number of para-hydroxylation sites is 1. The van der Waals surface area contributed by atoms with Gasteiger partial charge in [-0.15, -0.1) is 0 Å². The van der Waals surface area contributed by atoms with Crippen LogP contribution in [0.2, 0.25) is 0 Å². The third-order valence-electron chi connectivity index (χ3n) is 4.07. The van der Waals surface area contributed by atoms with Gasteiger partial charge in [0, 0.05) is 17.5 Å². The Morgan fingerprint density at radius 1 is 1.08 bits per heavy atom. The smallest absolute Gasteiger partial charge is 0.344 e. The van der Waals surface area contributed by atoms with Crippen LogP contribution in [0.25, 0.3) is 11.0 Å². The Hall–Kier alpha value is -3.68. The largest absolute Gasteiger partial charge is 0.422 e. The second-order valence-corrected chi connectivity index (χ2v) is 5.56. The molecule has 8 nitrogen and oxygen atoms in total. The second kappa shape index (κ2) is 5.45. The van der Waals surface area contributed by atoms with Crippen LogP contribution in [0.4, 0.5) is 16.2 Å². The minimum absolute atomic E-state index is 0.128. The Morgan fingerprint density at radius 2 is 1.88 bits per heavy atom. The summed E-state index contributed by atoms with van der Waals surface area (Å²) in [5.41, 5.74) is 0.597. The quantitative estimate of drug-likeness (QED) is 0.424. The maximum Gasteiger partial charge on any atom is 0.344 e. The highest BCUT2D eigenvalue weighted by Gasteiger charge is 2.31. The standard InChI is InChI=1S/C17H11N3O5/c21-16-13-14(9-4-3-5-10(8-9)20(23)24)18-17(22)19-15(13)11-6-1-2-7-12(11)25-16/h1-8,14H,(H2,18,19,22). The Bertz CT molecular complexity index is 1090. The molecule has 0 radical (unpaired) electrons. The molecule has 0 fully saturated rings. The van der Waals surface area contributed by atoms with E-state index in [1.165, 1.54) is 18.2 Å². The molecule has 0 saturated heterocycles. The van der Waals surface area contributed by atoms with Crippen LogP contribution in [0.5, 0.6) is 0 Å². The van der Waals surface area contributed by atoms with Gasteiger partial charge in [0.2, 0.25) is 0 Å². The predicted molar refractivity (Wildman–Crippen MR) is 89.6 cm³/mol. The van der Waals surface area contributed by atoms with E-state index < -0.39 is 22.6 Å². The molecule has 3 aromatic rings. The monoisotopic (exact) mass is 337 g/mol. The first-order valence-corrected chi connectivity index (χ1v) is 7.42. The number of urea groups is 1. The number of nitrogens with one attached hydrogen (secondary N) is 2. The molecule has 1 aliphatic rings. The molecule has 2 heterocycles. The predicted octanol–water partition coefficient (Wildman–Crippen LogP) is 2.93. The van der Waals surface area contributed by atoms with Crippen molar-refractivity contribution >= 4 is 28.4 Å². The van der Waals surface area contributed by atoms with Crippen molar-refractivity contribution in [3.8, 4) is 0 Å². The zero-order valence-corrected chi connectivity index (χ0v) is 12.7. The number of hydrogen-bond acceptors (Lipinski definition) is 5. The summed E-state index contributed by atoms with van der Waals surface area (Å²) in [6.07, 6.45) is 0. The summed E-state index contributed by atoms with van der Waals surface area (Å²) in [7, 11) is 0. The van der Waals surface area contributed by atoms with E-state index in [1.54, 1.807) is 30.3 Å². The van der Waals surface area contributed by atoms with Crippen LogP contribution >= 0.6 is 0 Å². The number of nitrogens with zero attached hydrogens (tertiary/aromatic N) is 1. The fraction of sp³-hybridized carbons (Fsp3) is 0.0588. The van der Waals surface area contributed by atoms with Crippen molar-refractivity contribution in [1.29, 1.82) is 0 Å². The Kier molecular flexibility index (Phi) is 3.24. The summed E-state index contributed by atoms with van der Waals surface area (Å²) in [4.78, 5) is 35.1. The van der Waals surface area contributed by atoms with Crippen LogP contribution in [0.1, 0.15) is 17.2 Å². The van der Waals surface area contributed by atoms with Crippen LogP contribution in [-0.4, -0.2) is 11.0 Å². The van der Waals surface area contributed by atoms with Gasteiger partial charge < -0.3 is 15.1 Å². The minimum atomic E-state index is -0.843. The molecule has 2 N–H and O–H groups in total. The minimum Gasteiger partial charge on any atom is -0.422 e. The van der Waals surface area contributed by atoms with Crippen molar-refractivity contribution in [2.75, 3.05) is 5.32 Å². The van der Waals surface area contributed by atoms with Gasteiger partial charge in [-0.1, -0.05) is 24.3 Å². The zero-order valence-electron chi connectivity index (χ0n) is 12.7. The number of nitro benzene ring substituents is 1. The second-order valence-electron chi connectivity index (χ2n) is 5.56. The molecule has 8 heteroatoms. The van der Waals surface area contributed by atoms with Crippen LogP contribution in [0.15, 0.2) is 57.7 Å². The number of carbonyl (C=O) groups excluding carboxylic acids is 1. The first kappa shape index (κ1) is 14.9. The summed E-state index contributed by atoms with van der Waals surface area (Å²) in [5, 5.41) is 16.9. The fourth-order valence-corrected chi connectivity index (χ4v) is 2.98. The number of nitro groups is 1. The molecule has 1 atom stereocenters. The number of fused-ring (bicyclic) bond motifs is 3. The molecule has 124 valence electrons. The van der Waals surface area contributed by atoms with Crippen molar-refractivity contribution in [1.82, 2.24) is 5.32 Å². The van der Waals surface area contributed by atoms with Crippen LogP contribution in [0.3, 0.4) is 0 Å². The van der Waals surface area contributed by atoms with Crippen molar-refractivity contribution in [3.63, 3.8) is 0 Å². The number of anilines is 1. The van der Waals surface area contributed by atoms with E-state index in [4.69, 9.17) is 4.42 Å². The number of benzene rings is 2. The van der Waals surface area contributed by atoms with E-state index in [-0.39, 0.29) is 11.3 Å². The van der Waals surface area contributed by atoms with E-state index >= 15 is 0 Å². The Balaban J connectivity index is 1.98. The van der Waals surface area contributed by atoms with Gasteiger partial charge in [0.25, 0.3) is 5.69 Å². The number of non-ortho nitro benzene ring substituents is 1. The van der Waals surface area contributed by atoms with Gasteiger partial charge in [0.05, 0.1) is 22.2 Å². The fourth-order valence-electron chi connectivity index (χ4n) is 2.98. The van der Waals surface area contributed by atoms with Crippen LogP contribution < -0.4 is 16.3 Å². The number of hydrogen-bond donors (Lipinski definition) is 2. The van der Waals surface area contributed by atoms with Gasteiger partial charge in [-0.25, -0.2) is 9.59 Å². The molecule has 1 aliphatic heterocycles. The topological polar surface area (TPSA) is 114 Å². The molecule has 1 aromatic heterocycles. The molecule has 0 saturated carbocycles. The van der Waals surface area contributed by atoms with Crippen LogP contribution in [-0.2, 0) is 0 Å². The molecule has 2 aromatic carbocycles.